The first-order valence-electron chi connectivity index (χ1n) is 7.29. The maximum Gasteiger partial charge on any atom is 0.144 e. The third kappa shape index (κ3) is 3.07. The van der Waals surface area contributed by atoms with Crippen molar-refractivity contribution in [2.45, 2.75) is 39.8 Å². The van der Waals surface area contributed by atoms with Crippen LogP contribution in [0.25, 0.3) is 0 Å². The summed E-state index contributed by atoms with van der Waals surface area (Å²) in [4.78, 5) is 6.81. The zero-order valence-electron chi connectivity index (χ0n) is 12.9. The van der Waals surface area contributed by atoms with Crippen molar-refractivity contribution in [3.63, 3.8) is 0 Å². The van der Waals surface area contributed by atoms with Gasteiger partial charge in [0.1, 0.15) is 12.2 Å². The molecule has 0 saturated heterocycles. The van der Waals surface area contributed by atoms with Crippen LogP contribution in [0.15, 0.2) is 30.6 Å². The van der Waals surface area contributed by atoms with Crippen molar-refractivity contribution >= 4 is 0 Å². The minimum Gasteiger partial charge on any atom is -0.297 e. The third-order valence-electron chi connectivity index (χ3n) is 3.94. The molecule has 2 aromatic rings. The number of hydrogen-bond acceptors (Lipinski definition) is 3. The summed E-state index contributed by atoms with van der Waals surface area (Å²) in [7, 11) is 2.14. The highest BCUT2D eigenvalue weighted by Gasteiger charge is 2.19. The quantitative estimate of drug-likeness (QED) is 0.810. The van der Waals surface area contributed by atoms with Gasteiger partial charge >= 0.3 is 0 Å². The SMILES string of the molecule is CC[C@H](c1ncnn1Cc1ccccc1C)N(C)CC. The maximum atomic E-state index is 4.49. The number of benzene rings is 1. The van der Waals surface area contributed by atoms with Gasteiger partial charge in [-0.25, -0.2) is 9.67 Å². The van der Waals surface area contributed by atoms with E-state index in [4.69, 9.17) is 0 Å². The van der Waals surface area contributed by atoms with Crippen molar-refractivity contribution in [2.75, 3.05) is 13.6 Å². The number of hydrogen-bond donors (Lipinski definition) is 0. The summed E-state index contributed by atoms with van der Waals surface area (Å²) >= 11 is 0. The molecule has 0 fully saturated rings. The molecule has 0 aliphatic heterocycles. The van der Waals surface area contributed by atoms with Gasteiger partial charge in [0.25, 0.3) is 0 Å². The van der Waals surface area contributed by atoms with Crippen LogP contribution in [0.3, 0.4) is 0 Å². The molecule has 0 N–H and O–H groups in total. The number of aromatic nitrogens is 3. The predicted octanol–water partition coefficient (Wildman–Crippen LogP) is 3.04. The number of rotatable bonds is 6. The highest BCUT2D eigenvalue weighted by molar-refractivity contribution is 5.25. The summed E-state index contributed by atoms with van der Waals surface area (Å²) in [5.74, 6) is 1.06. The van der Waals surface area contributed by atoms with E-state index < -0.39 is 0 Å². The van der Waals surface area contributed by atoms with Crippen LogP contribution in [0.5, 0.6) is 0 Å². The molecule has 20 heavy (non-hydrogen) atoms. The lowest BCUT2D eigenvalue weighted by molar-refractivity contribution is 0.234. The van der Waals surface area contributed by atoms with E-state index in [1.54, 1.807) is 6.33 Å². The maximum absolute atomic E-state index is 4.49. The number of nitrogens with zero attached hydrogens (tertiary/aromatic N) is 4. The van der Waals surface area contributed by atoms with Crippen molar-refractivity contribution in [1.82, 2.24) is 19.7 Å². The Labute approximate surface area is 121 Å². The molecular weight excluding hydrogens is 248 g/mol. The van der Waals surface area contributed by atoms with Crippen LogP contribution in [0.2, 0.25) is 0 Å². The molecular formula is C16H24N4. The lowest BCUT2D eigenvalue weighted by Crippen LogP contribution is -2.27. The first kappa shape index (κ1) is 14.7. The van der Waals surface area contributed by atoms with Crippen LogP contribution in [-0.2, 0) is 6.54 Å². The lowest BCUT2D eigenvalue weighted by atomic mass is 10.1. The Morgan fingerprint density at radius 3 is 2.65 bits per heavy atom. The van der Waals surface area contributed by atoms with Gasteiger partial charge in [0.15, 0.2) is 0 Å². The van der Waals surface area contributed by atoms with Gasteiger partial charge in [-0.05, 0) is 38.1 Å². The van der Waals surface area contributed by atoms with Crippen molar-refractivity contribution < 1.29 is 0 Å². The molecule has 1 aromatic heterocycles. The minimum absolute atomic E-state index is 0.325. The predicted molar refractivity (Wildman–Crippen MR) is 81.6 cm³/mol. The van der Waals surface area contributed by atoms with Crippen molar-refractivity contribution in [2.24, 2.45) is 0 Å². The molecule has 1 aromatic carbocycles. The molecule has 0 bridgehead atoms. The van der Waals surface area contributed by atoms with E-state index in [0.717, 1.165) is 25.3 Å². The molecule has 108 valence electrons. The van der Waals surface area contributed by atoms with Crippen molar-refractivity contribution in [3.8, 4) is 0 Å². The second kappa shape index (κ2) is 6.66. The Morgan fingerprint density at radius 2 is 2.00 bits per heavy atom. The summed E-state index contributed by atoms with van der Waals surface area (Å²) in [6, 6.07) is 8.77. The highest BCUT2D eigenvalue weighted by atomic mass is 15.4. The van der Waals surface area contributed by atoms with E-state index in [2.05, 4.69) is 67.1 Å². The van der Waals surface area contributed by atoms with E-state index in [0.29, 0.717) is 6.04 Å². The van der Waals surface area contributed by atoms with E-state index in [1.165, 1.54) is 11.1 Å². The van der Waals surface area contributed by atoms with Crippen LogP contribution in [0, 0.1) is 6.92 Å². The topological polar surface area (TPSA) is 34.0 Å². The standard InChI is InChI=1S/C16H24N4/c1-5-15(19(4)6-2)16-17-12-18-20(16)11-14-10-8-7-9-13(14)3/h7-10,12,15H,5-6,11H2,1-4H3/t15-/m1/s1. The first-order valence-corrected chi connectivity index (χ1v) is 7.29. The average Bonchev–Trinajstić information content (AvgIpc) is 2.90. The second-order valence-corrected chi connectivity index (χ2v) is 5.20. The molecule has 0 spiro atoms. The van der Waals surface area contributed by atoms with Gasteiger partial charge in [-0.2, -0.15) is 5.10 Å². The van der Waals surface area contributed by atoms with E-state index in [-0.39, 0.29) is 0 Å². The van der Waals surface area contributed by atoms with Crippen LogP contribution in [0.1, 0.15) is 43.3 Å². The molecule has 0 aliphatic rings. The molecule has 0 radical (unpaired) electrons. The monoisotopic (exact) mass is 272 g/mol. The largest absolute Gasteiger partial charge is 0.297 e. The average molecular weight is 272 g/mol. The molecule has 0 unspecified atom stereocenters. The Balaban J connectivity index is 2.26. The summed E-state index contributed by atoms with van der Waals surface area (Å²) in [5.41, 5.74) is 2.60. The van der Waals surface area contributed by atoms with Crippen LogP contribution < -0.4 is 0 Å². The van der Waals surface area contributed by atoms with E-state index >= 15 is 0 Å². The Kier molecular flexibility index (Phi) is 4.90. The first-order chi connectivity index (χ1) is 9.67. The Morgan fingerprint density at radius 1 is 1.25 bits per heavy atom. The lowest BCUT2D eigenvalue weighted by Gasteiger charge is -2.25. The van der Waals surface area contributed by atoms with Crippen molar-refractivity contribution in [1.29, 1.82) is 0 Å². The fourth-order valence-corrected chi connectivity index (χ4v) is 2.51. The molecule has 0 aliphatic carbocycles. The van der Waals surface area contributed by atoms with Gasteiger partial charge in [0, 0.05) is 0 Å². The molecule has 4 nitrogen and oxygen atoms in total. The van der Waals surface area contributed by atoms with Gasteiger partial charge in [0.2, 0.25) is 0 Å². The molecule has 2 rings (SSSR count). The van der Waals surface area contributed by atoms with E-state index in [9.17, 15) is 0 Å². The summed E-state index contributed by atoms with van der Waals surface area (Å²) in [6.07, 6.45) is 2.70. The van der Waals surface area contributed by atoms with Crippen LogP contribution in [0.4, 0.5) is 0 Å². The highest BCUT2D eigenvalue weighted by Crippen LogP contribution is 2.21. The minimum atomic E-state index is 0.325. The third-order valence-corrected chi connectivity index (χ3v) is 3.94. The van der Waals surface area contributed by atoms with Gasteiger partial charge in [-0.3, -0.25) is 4.90 Å². The zero-order chi connectivity index (χ0) is 14.5. The molecule has 1 atom stereocenters. The van der Waals surface area contributed by atoms with Gasteiger partial charge in [-0.1, -0.05) is 38.1 Å². The molecule has 4 heteroatoms. The molecule has 1 heterocycles. The van der Waals surface area contributed by atoms with Gasteiger partial charge in [0.05, 0.1) is 12.6 Å². The normalized spacial score (nSPS) is 12.8. The molecule has 0 saturated carbocycles. The van der Waals surface area contributed by atoms with Crippen LogP contribution in [-0.4, -0.2) is 33.3 Å². The number of aryl methyl sites for hydroxylation is 1. The zero-order valence-corrected chi connectivity index (χ0v) is 12.9. The second-order valence-electron chi connectivity index (χ2n) is 5.20. The fourth-order valence-electron chi connectivity index (χ4n) is 2.51. The summed E-state index contributed by atoms with van der Waals surface area (Å²) in [6.45, 7) is 8.31. The summed E-state index contributed by atoms with van der Waals surface area (Å²) < 4.78 is 2.03. The Hall–Kier alpha value is -1.68. The smallest absolute Gasteiger partial charge is 0.144 e. The van der Waals surface area contributed by atoms with E-state index in [1.807, 2.05) is 4.68 Å². The van der Waals surface area contributed by atoms with Crippen molar-refractivity contribution in [3.05, 3.63) is 47.5 Å². The Bertz CT molecular complexity index is 547. The van der Waals surface area contributed by atoms with Crippen LogP contribution >= 0.6 is 0 Å². The molecule has 0 amide bonds. The van der Waals surface area contributed by atoms with Gasteiger partial charge < -0.3 is 0 Å². The fraction of sp³-hybridized carbons (Fsp3) is 0.500. The summed E-state index contributed by atoms with van der Waals surface area (Å²) in [5, 5.41) is 4.42. The van der Waals surface area contributed by atoms with Gasteiger partial charge in [-0.15, -0.1) is 0 Å².